The van der Waals surface area contributed by atoms with Crippen molar-refractivity contribution >= 4 is 21.7 Å². The van der Waals surface area contributed by atoms with Gasteiger partial charge in [0, 0.05) is 36.7 Å². The van der Waals surface area contributed by atoms with Gasteiger partial charge < -0.3 is 24.5 Å². The largest absolute Gasteiger partial charge is 0.493 e. The van der Waals surface area contributed by atoms with Gasteiger partial charge in [-0.05, 0) is 85.8 Å². The number of H-pyrrole nitrogens is 1. The van der Waals surface area contributed by atoms with Gasteiger partial charge >= 0.3 is 0 Å². The molecule has 2 N–H and O–H groups in total. The molecule has 5 rings (SSSR count). The molecule has 0 atom stereocenters. The van der Waals surface area contributed by atoms with E-state index in [4.69, 9.17) is 9.47 Å². The average molecular weight is 459 g/mol. The Morgan fingerprint density at radius 3 is 2.62 bits per heavy atom. The molecular formula is C29H34N2O3. The van der Waals surface area contributed by atoms with Crippen molar-refractivity contribution in [3.8, 4) is 11.5 Å². The Morgan fingerprint density at radius 1 is 1.00 bits per heavy atom. The number of aromatic nitrogens is 1. The summed E-state index contributed by atoms with van der Waals surface area (Å²) in [6.07, 6.45) is 4.56. The summed E-state index contributed by atoms with van der Waals surface area (Å²) in [6, 6.07) is 20.7. The number of hydrogen-bond donors (Lipinski definition) is 2. The fraction of sp³-hybridized carbons (Fsp3) is 0.379. The summed E-state index contributed by atoms with van der Waals surface area (Å²) in [4.78, 5) is 5.66. The maximum atomic E-state index is 11.4. The SMILES string of the molecule is CC(C)Oc1ccc2cc(C3(O)CCN(CCCOc4cccc5[nH]ccc45)CC3)ccc2c1. The Morgan fingerprint density at radius 2 is 1.79 bits per heavy atom. The number of fused-ring (bicyclic) bond motifs is 2. The number of aromatic amines is 1. The second-order valence-corrected chi connectivity index (χ2v) is 9.66. The number of nitrogens with zero attached hydrogens (tertiary/aromatic N) is 1. The monoisotopic (exact) mass is 458 g/mol. The van der Waals surface area contributed by atoms with Crippen LogP contribution in [0.5, 0.6) is 11.5 Å². The van der Waals surface area contributed by atoms with Crippen LogP contribution in [-0.2, 0) is 5.60 Å². The number of ether oxygens (including phenoxy) is 2. The minimum Gasteiger partial charge on any atom is -0.493 e. The summed E-state index contributed by atoms with van der Waals surface area (Å²) in [5.41, 5.74) is 1.35. The van der Waals surface area contributed by atoms with E-state index in [0.29, 0.717) is 6.61 Å². The number of rotatable bonds is 8. The van der Waals surface area contributed by atoms with Crippen molar-refractivity contribution in [2.24, 2.45) is 0 Å². The van der Waals surface area contributed by atoms with E-state index < -0.39 is 5.60 Å². The van der Waals surface area contributed by atoms with Crippen LogP contribution in [0.1, 0.15) is 38.7 Å². The van der Waals surface area contributed by atoms with E-state index in [0.717, 1.165) is 77.6 Å². The number of hydrogen-bond acceptors (Lipinski definition) is 4. The molecule has 4 aromatic rings. The number of nitrogens with one attached hydrogen (secondary N) is 1. The standard InChI is InChI=1S/C29H34N2O3/c1-21(2)34-25-10-8-22-19-24(9-7-23(22)20-25)29(32)12-16-31(17-13-29)15-4-18-33-28-6-3-5-27-26(28)11-14-30-27/h3,5-11,14,19-21,30,32H,4,12-13,15-18H2,1-2H3. The molecule has 1 aliphatic heterocycles. The molecule has 1 saturated heterocycles. The highest BCUT2D eigenvalue weighted by atomic mass is 16.5. The Balaban J connectivity index is 1.14. The summed E-state index contributed by atoms with van der Waals surface area (Å²) in [5.74, 6) is 1.82. The van der Waals surface area contributed by atoms with E-state index in [2.05, 4.69) is 52.3 Å². The Labute approximate surface area is 201 Å². The first-order chi connectivity index (χ1) is 16.5. The normalized spacial score (nSPS) is 16.4. The van der Waals surface area contributed by atoms with Crippen LogP contribution < -0.4 is 9.47 Å². The van der Waals surface area contributed by atoms with Crippen molar-refractivity contribution in [3.05, 3.63) is 72.4 Å². The lowest BCUT2D eigenvalue weighted by atomic mass is 9.83. The molecule has 34 heavy (non-hydrogen) atoms. The summed E-state index contributed by atoms with van der Waals surface area (Å²) in [7, 11) is 0. The molecular weight excluding hydrogens is 424 g/mol. The molecule has 1 fully saturated rings. The molecule has 2 heterocycles. The minimum atomic E-state index is -0.766. The van der Waals surface area contributed by atoms with Crippen LogP contribution in [0.25, 0.3) is 21.7 Å². The second kappa shape index (κ2) is 9.69. The first kappa shape index (κ1) is 22.8. The number of piperidine rings is 1. The Kier molecular flexibility index (Phi) is 6.48. The molecule has 5 nitrogen and oxygen atoms in total. The molecule has 3 aromatic carbocycles. The molecule has 0 saturated carbocycles. The van der Waals surface area contributed by atoms with Crippen molar-refractivity contribution in [1.82, 2.24) is 9.88 Å². The molecule has 0 amide bonds. The highest BCUT2D eigenvalue weighted by molar-refractivity contribution is 5.86. The fourth-order valence-electron chi connectivity index (χ4n) is 4.95. The summed E-state index contributed by atoms with van der Waals surface area (Å²) in [5, 5.41) is 14.8. The van der Waals surface area contributed by atoms with E-state index in [-0.39, 0.29) is 6.10 Å². The van der Waals surface area contributed by atoms with Gasteiger partial charge in [0.05, 0.1) is 18.3 Å². The van der Waals surface area contributed by atoms with Gasteiger partial charge in [-0.25, -0.2) is 0 Å². The van der Waals surface area contributed by atoms with Gasteiger partial charge in [0.15, 0.2) is 0 Å². The van der Waals surface area contributed by atoms with Crippen molar-refractivity contribution < 1.29 is 14.6 Å². The van der Waals surface area contributed by atoms with E-state index in [1.807, 2.05) is 38.2 Å². The zero-order chi connectivity index (χ0) is 23.5. The van der Waals surface area contributed by atoms with E-state index in [1.54, 1.807) is 0 Å². The summed E-state index contributed by atoms with van der Waals surface area (Å²) < 4.78 is 11.9. The van der Waals surface area contributed by atoms with Gasteiger partial charge in [0.2, 0.25) is 0 Å². The smallest absolute Gasteiger partial charge is 0.128 e. The minimum absolute atomic E-state index is 0.155. The van der Waals surface area contributed by atoms with Crippen molar-refractivity contribution in [3.63, 3.8) is 0 Å². The first-order valence-electron chi connectivity index (χ1n) is 12.3. The van der Waals surface area contributed by atoms with E-state index in [9.17, 15) is 5.11 Å². The topological polar surface area (TPSA) is 57.7 Å². The molecule has 0 aliphatic carbocycles. The number of aliphatic hydroxyl groups is 1. The van der Waals surface area contributed by atoms with Crippen LogP contribution in [-0.4, -0.2) is 47.3 Å². The van der Waals surface area contributed by atoms with Gasteiger partial charge in [-0.1, -0.05) is 24.3 Å². The highest BCUT2D eigenvalue weighted by Gasteiger charge is 2.33. The van der Waals surface area contributed by atoms with Crippen molar-refractivity contribution in [2.75, 3.05) is 26.2 Å². The lowest BCUT2D eigenvalue weighted by Crippen LogP contribution is -2.43. The third-order valence-electron chi connectivity index (χ3n) is 6.84. The number of likely N-dealkylation sites (tertiary alicyclic amines) is 1. The van der Waals surface area contributed by atoms with E-state index >= 15 is 0 Å². The Bertz CT molecular complexity index is 1250. The maximum absolute atomic E-state index is 11.4. The summed E-state index contributed by atoms with van der Waals surface area (Å²) in [6.45, 7) is 7.53. The molecule has 178 valence electrons. The zero-order valence-electron chi connectivity index (χ0n) is 20.1. The van der Waals surface area contributed by atoms with Gasteiger partial charge in [0.1, 0.15) is 11.5 Å². The van der Waals surface area contributed by atoms with Gasteiger partial charge in [-0.15, -0.1) is 0 Å². The fourth-order valence-corrected chi connectivity index (χ4v) is 4.95. The van der Waals surface area contributed by atoms with Crippen LogP contribution in [0.2, 0.25) is 0 Å². The quantitative estimate of drug-likeness (QED) is 0.325. The predicted molar refractivity (Wildman–Crippen MR) is 138 cm³/mol. The van der Waals surface area contributed by atoms with Crippen LogP contribution in [0.4, 0.5) is 0 Å². The molecule has 5 heteroatoms. The molecule has 0 bridgehead atoms. The van der Waals surface area contributed by atoms with E-state index in [1.165, 1.54) is 0 Å². The lowest BCUT2D eigenvalue weighted by Gasteiger charge is -2.38. The molecule has 0 radical (unpaired) electrons. The zero-order valence-corrected chi connectivity index (χ0v) is 20.1. The molecule has 0 unspecified atom stereocenters. The van der Waals surface area contributed by atoms with Gasteiger partial charge in [-0.3, -0.25) is 0 Å². The second-order valence-electron chi connectivity index (χ2n) is 9.66. The molecule has 1 aliphatic rings. The van der Waals surface area contributed by atoms with Crippen LogP contribution in [0.3, 0.4) is 0 Å². The van der Waals surface area contributed by atoms with Crippen LogP contribution in [0.15, 0.2) is 66.9 Å². The van der Waals surface area contributed by atoms with Gasteiger partial charge in [0.25, 0.3) is 0 Å². The molecule has 0 spiro atoms. The first-order valence-corrected chi connectivity index (χ1v) is 12.3. The van der Waals surface area contributed by atoms with Gasteiger partial charge in [-0.2, -0.15) is 0 Å². The van der Waals surface area contributed by atoms with Crippen molar-refractivity contribution in [1.29, 1.82) is 0 Å². The molecule has 1 aromatic heterocycles. The summed E-state index contributed by atoms with van der Waals surface area (Å²) >= 11 is 0. The predicted octanol–water partition coefficient (Wildman–Crippen LogP) is 5.86. The third kappa shape index (κ3) is 4.91. The van der Waals surface area contributed by atoms with Crippen LogP contribution >= 0.6 is 0 Å². The number of benzene rings is 3. The maximum Gasteiger partial charge on any atom is 0.128 e. The average Bonchev–Trinajstić information content (AvgIpc) is 3.32. The van der Waals surface area contributed by atoms with Crippen LogP contribution in [0, 0.1) is 0 Å². The lowest BCUT2D eigenvalue weighted by molar-refractivity contribution is -0.0263. The highest BCUT2D eigenvalue weighted by Crippen LogP contribution is 2.35. The Hall–Kier alpha value is -3.02. The third-order valence-corrected chi connectivity index (χ3v) is 6.84. The van der Waals surface area contributed by atoms with Crippen molar-refractivity contribution in [2.45, 2.75) is 44.8 Å².